The second-order valence-electron chi connectivity index (χ2n) is 5.24. The number of ether oxygens (including phenoxy) is 1. The maximum absolute atomic E-state index is 12.5. The van der Waals surface area contributed by atoms with Crippen molar-refractivity contribution in [3.63, 3.8) is 0 Å². The van der Waals surface area contributed by atoms with Gasteiger partial charge in [0.1, 0.15) is 5.75 Å². The van der Waals surface area contributed by atoms with Crippen LogP contribution in [0.5, 0.6) is 5.75 Å². The highest BCUT2D eigenvalue weighted by atomic mass is 16.5. The summed E-state index contributed by atoms with van der Waals surface area (Å²) in [6, 6.07) is 17.2. The van der Waals surface area contributed by atoms with Crippen LogP contribution in [0.3, 0.4) is 0 Å². The number of anilines is 1. The molecule has 1 amide bonds. The fourth-order valence-electron chi connectivity index (χ4n) is 2.48. The molecule has 5 heteroatoms. The first-order valence-corrected chi connectivity index (χ1v) is 7.30. The van der Waals surface area contributed by atoms with Crippen LogP contribution >= 0.6 is 0 Å². The number of hydrogen-bond donors (Lipinski definition) is 2. The van der Waals surface area contributed by atoms with E-state index in [9.17, 15) is 9.59 Å². The summed E-state index contributed by atoms with van der Waals surface area (Å²) >= 11 is 0. The minimum atomic E-state index is -1.01. The molecule has 0 aliphatic rings. The Labute approximate surface area is 138 Å². The van der Waals surface area contributed by atoms with Gasteiger partial charge >= 0.3 is 5.97 Å². The van der Waals surface area contributed by atoms with Crippen molar-refractivity contribution in [2.24, 2.45) is 0 Å². The summed E-state index contributed by atoms with van der Waals surface area (Å²) in [7, 11) is 1.49. The van der Waals surface area contributed by atoms with Gasteiger partial charge in [-0.05, 0) is 47.2 Å². The number of methoxy groups -OCH3 is 1. The summed E-state index contributed by atoms with van der Waals surface area (Å²) in [6.45, 7) is 0. The van der Waals surface area contributed by atoms with Crippen molar-refractivity contribution < 1.29 is 19.4 Å². The third-order valence-electron chi connectivity index (χ3n) is 3.68. The lowest BCUT2D eigenvalue weighted by Crippen LogP contribution is -2.13. The van der Waals surface area contributed by atoms with Crippen LogP contribution in [0.1, 0.15) is 20.7 Å². The average Bonchev–Trinajstić information content (AvgIpc) is 2.60. The molecule has 0 unspecified atom stereocenters. The second-order valence-corrected chi connectivity index (χ2v) is 5.24. The Bertz CT molecular complexity index is 919. The highest BCUT2D eigenvalue weighted by molar-refractivity contribution is 6.09. The number of para-hydroxylation sites is 1. The van der Waals surface area contributed by atoms with Gasteiger partial charge in [-0.2, -0.15) is 0 Å². The first kappa shape index (κ1) is 15.6. The number of fused-ring (bicyclic) bond motifs is 1. The van der Waals surface area contributed by atoms with Gasteiger partial charge in [0.25, 0.3) is 5.91 Å². The first-order valence-electron chi connectivity index (χ1n) is 7.30. The second kappa shape index (κ2) is 6.42. The quantitative estimate of drug-likeness (QED) is 0.766. The summed E-state index contributed by atoms with van der Waals surface area (Å²) in [5.74, 6) is -0.900. The molecule has 0 fully saturated rings. The normalized spacial score (nSPS) is 10.4. The number of hydrogen-bond acceptors (Lipinski definition) is 3. The Kier molecular flexibility index (Phi) is 4.16. The van der Waals surface area contributed by atoms with E-state index < -0.39 is 5.97 Å². The standard InChI is InChI=1S/C19H15NO4/c1-24-17-11-12-7-8-13(19(22)23)9-14(12)10-16(17)18(21)20-15-5-3-2-4-6-15/h2-11H,1H3,(H,20,21)(H,22,23). The molecule has 0 aliphatic carbocycles. The molecule has 0 radical (unpaired) electrons. The zero-order valence-electron chi connectivity index (χ0n) is 12.9. The first-order chi connectivity index (χ1) is 11.6. The lowest BCUT2D eigenvalue weighted by molar-refractivity contribution is 0.0697. The highest BCUT2D eigenvalue weighted by Crippen LogP contribution is 2.27. The Balaban J connectivity index is 2.04. The van der Waals surface area contributed by atoms with E-state index in [0.29, 0.717) is 22.4 Å². The smallest absolute Gasteiger partial charge is 0.335 e. The van der Waals surface area contributed by atoms with Crippen LogP contribution in [0.4, 0.5) is 5.69 Å². The van der Waals surface area contributed by atoms with Gasteiger partial charge in [0.05, 0.1) is 18.2 Å². The third kappa shape index (κ3) is 3.05. The number of rotatable bonds is 4. The summed E-state index contributed by atoms with van der Waals surface area (Å²) in [5, 5.41) is 13.4. The number of carbonyl (C=O) groups is 2. The molecule has 0 heterocycles. The molecule has 3 aromatic rings. The molecule has 0 saturated heterocycles. The van der Waals surface area contributed by atoms with Crippen LogP contribution < -0.4 is 10.1 Å². The summed E-state index contributed by atoms with van der Waals surface area (Å²) in [4.78, 5) is 23.7. The van der Waals surface area contributed by atoms with E-state index in [0.717, 1.165) is 5.39 Å². The average molecular weight is 321 g/mol. The van der Waals surface area contributed by atoms with E-state index in [-0.39, 0.29) is 11.5 Å². The minimum Gasteiger partial charge on any atom is -0.496 e. The number of carboxylic acids is 1. The third-order valence-corrected chi connectivity index (χ3v) is 3.68. The van der Waals surface area contributed by atoms with Crippen LogP contribution in [0.2, 0.25) is 0 Å². The lowest BCUT2D eigenvalue weighted by Gasteiger charge is -2.11. The van der Waals surface area contributed by atoms with Gasteiger partial charge in [0.15, 0.2) is 0 Å². The molecule has 0 aromatic heterocycles. The van der Waals surface area contributed by atoms with Crippen molar-refractivity contribution in [2.45, 2.75) is 0 Å². The Morgan fingerprint density at radius 3 is 2.38 bits per heavy atom. The molecule has 120 valence electrons. The van der Waals surface area contributed by atoms with E-state index in [1.807, 2.05) is 18.2 Å². The van der Waals surface area contributed by atoms with E-state index in [4.69, 9.17) is 9.84 Å². The van der Waals surface area contributed by atoms with Gasteiger partial charge in [-0.25, -0.2) is 4.79 Å². The SMILES string of the molecule is COc1cc2ccc(C(=O)O)cc2cc1C(=O)Nc1ccccc1. The molecule has 0 bridgehead atoms. The predicted molar refractivity (Wildman–Crippen MR) is 91.9 cm³/mol. The monoisotopic (exact) mass is 321 g/mol. The number of carboxylic acid groups (broad SMARTS) is 1. The Morgan fingerprint density at radius 2 is 1.71 bits per heavy atom. The predicted octanol–water partition coefficient (Wildman–Crippen LogP) is 3.80. The molecular formula is C19H15NO4. The lowest BCUT2D eigenvalue weighted by atomic mass is 10.0. The number of aromatic carboxylic acids is 1. The Morgan fingerprint density at radius 1 is 0.958 bits per heavy atom. The van der Waals surface area contributed by atoms with Gasteiger partial charge in [-0.15, -0.1) is 0 Å². The minimum absolute atomic E-state index is 0.169. The largest absolute Gasteiger partial charge is 0.496 e. The molecule has 3 rings (SSSR count). The summed E-state index contributed by atoms with van der Waals surface area (Å²) < 4.78 is 5.31. The van der Waals surface area contributed by atoms with Crippen molar-refractivity contribution in [3.05, 3.63) is 71.8 Å². The highest BCUT2D eigenvalue weighted by Gasteiger charge is 2.15. The zero-order chi connectivity index (χ0) is 17.1. The van der Waals surface area contributed by atoms with Gasteiger partial charge in [0, 0.05) is 5.69 Å². The summed E-state index contributed by atoms with van der Waals surface area (Å²) in [6.07, 6.45) is 0. The molecule has 24 heavy (non-hydrogen) atoms. The van der Waals surface area contributed by atoms with Gasteiger partial charge in [-0.3, -0.25) is 4.79 Å². The number of carbonyl (C=O) groups excluding carboxylic acids is 1. The molecule has 5 nitrogen and oxygen atoms in total. The maximum atomic E-state index is 12.5. The van der Waals surface area contributed by atoms with Crippen LogP contribution in [-0.4, -0.2) is 24.1 Å². The van der Waals surface area contributed by atoms with E-state index >= 15 is 0 Å². The van der Waals surface area contributed by atoms with Crippen molar-refractivity contribution in [1.29, 1.82) is 0 Å². The number of amides is 1. The number of benzene rings is 3. The number of nitrogens with one attached hydrogen (secondary N) is 1. The van der Waals surface area contributed by atoms with Gasteiger partial charge in [-0.1, -0.05) is 24.3 Å². The van der Waals surface area contributed by atoms with E-state index in [1.165, 1.54) is 19.2 Å². The molecule has 0 aliphatic heterocycles. The maximum Gasteiger partial charge on any atom is 0.335 e. The van der Waals surface area contributed by atoms with Crippen LogP contribution in [-0.2, 0) is 0 Å². The zero-order valence-corrected chi connectivity index (χ0v) is 12.9. The molecule has 0 saturated carbocycles. The molecule has 2 N–H and O–H groups in total. The fourth-order valence-corrected chi connectivity index (χ4v) is 2.48. The van der Waals surface area contributed by atoms with Crippen LogP contribution in [0.25, 0.3) is 10.8 Å². The Hall–Kier alpha value is -3.34. The molecular weight excluding hydrogens is 306 g/mol. The van der Waals surface area contributed by atoms with E-state index in [1.54, 1.807) is 30.3 Å². The van der Waals surface area contributed by atoms with Crippen molar-refractivity contribution in [3.8, 4) is 5.75 Å². The van der Waals surface area contributed by atoms with Crippen LogP contribution in [0.15, 0.2) is 60.7 Å². The summed E-state index contributed by atoms with van der Waals surface area (Å²) in [5.41, 5.74) is 1.18. The fraction of sp³-hybridized carbons (Fsp3) is 0.0526. The molecule has 0 spiro atoms. The van der Waals surface area contributed by atoms with Gasteiger partial charge < -0.3 is 15.2 Å². The van der Waals surface area contributed by atoms with Gasteiger partial charge in [0.2, 0.25) is 0 Å². The molecule has 3 aromatic carbocycles. The van der Waals surface area contributed by atoms with E-state index in [2.05, 4.69) is 5.32 Å². The molecule has 0 atom stereocenters. The van der Waals surface area contributed by atoms with Crippen molar-refractivity contribution in [1.82, 2.24) is 0 Å². The van der Waals surface area contributed by atoms with Crippen molar-refractivity contribution in [2.75, 3.05) is 12.4 Å². The van der Waals surface area contributed by atoms with Crippen molar-refractivity contribution >= 4 is 28.3 Å². The van der Waals surface area contributed by atoms with Crippen LogP contribution in [0, 0.1) is 0 Å². The topological polar surface area (TPSA) is 75.6 Å².